The molecule has 2 aromatic rings. The largest absolute Gasteiger partial charge is 0.444 e. The molecule has 4 atom stereocenters. The zero-order valence-corrected chi connectivity index (χ0v) is 25.3. The summed E-state index contributed by atoms with van der Waals surface area (Å²) >= 11 is 1.60. The third kappa shape index (κ3) is 8.24. The number of anilines is 1. The molecular formula is C31H43N3O4S. The number of carbonyl (C=O) groups is 3. The molecule has 212 valence electrons. The molecule has 2 N–H and O–H groups in total. The molecule has 3 amide bonds. The molecule has 7 nitrogen and oxygen atoms in total. The second-order valence-electron chi connectivity index (χ2n) is 11.6. The van der Waals surface area contributed by atoms with Crippen molar-refractivity contribution >= 4 is 35.4 Å². The first-order valence-electron chi connectivity index (χ1n) is 13.6. The van der Waals surface area contributed by atoms with Crippen LogP contribution in [0.1, 0.15) is 68.8 Å². The van der Waals surface area contributed by atoms with Crippen molar-refractivity contribution in [2.24, 2.45) is 5.92 Å². The van der Waals surface area contributed by atoms with Crippen molar-refractivity contribution in [3.05, 3.63) is 64.7 Å². The zero-order chi connectivity index (χ0) is 28.9. The van der Waals surface area contributed by atoms with Crippen LogP contribution >= 0.6 is 11.8 Å². The van der Waals surface area contributed by atoms with Gasteiger partial charge in [0.2, 0.25) is 5.91 Å². The number of para-hydroxylation sites is 1. The van der Waals surface area contributed by atoms with Gasteiger partial charge in [-0.1, -0.05) is 55.0 Å². The fourth-order valence-electron chi connectivity index (χ4n) is 4.69. The lowest BCUT2D eigenvalue weighted by molar-refractivity contribution is -0.141. The highest BCUT2D eigenvalue weighted by Gasteiger charge is 2.48. The van der Waals surface area contributed by atoms with E-state index in [0.717, 1.165) is 34.4 Å². The van der Waals surface area contributed by atoms with Crippen LogP contribution in [0.25, 0.3) is 0 Å². The lowest BCUT2D eigenvalue weighted by Gasteiger charge is -2.35. The summed E-state index contributed by atoms with van der Waals surface area (Å²) in [5, 5.41) is 5.94. The van der Waals surface area contributed by atoms with Crippen LogP contribution in [0.15, 0.2) is 42.5 Å². The first kappa shape index (κ1) is 30.5. The Kier molecular flexibility index (Phi) is 10.1. The van der Waals surface area contributed by atoms with Crippen LogP contribution in [0.3, 0.4) is 0 Å². The van der Waals surface area contributed by atoms with E-state index in [2.05, 4.69) is 17.6 Å². The molecular weight excluding hydrogens is 510 g/mol. The predicted molar refractivity (Wildman–Crippen MR) is 159 cm³/mol. The Bertz CT molecular complexity index is 1160. The van der Waals surface area contributed by atoms with Crippen LogP contribution < -0.4 is 10.6 Å². The molecule has 0 spiro atoms. The Balaban J connectivity index is 2.03. The maximum Gasteiger partial charge on any atom is 0.408 e. The number of carbonyl (C=O) groups excluding carboxylic acids is 3. The molecule has 1 aliphatic carbocycles. The molecule has 0 bridgehead atoms. The molecule has 4 unspecified atom stereocenters. The van der Waals surface area contributed by atoms with Gasteiger partial charge in [-0.15, -0.1) is 0 Å². The standard InChI is InChI=1S/C31H43N3O4S/c1-19-12-14-23(15-13-19)27(28(35)33-26-20(2)10-9-11-21(26)3)34(25-18-22(25)4)29(36)24(16-17-39-8)32-30(37)38-31(5,6)7/h9-15,22,24-25,27H,16-18H2,1-8H3,(H,32,37)(H,33,35). The van der Waals surface area contributed by atoms with Gasteiger partial charge in [0.1, 0.15) is 17.7 Å². The van der Waals surface area contributed by atoms with Crippen LogP contribution in [-0.4, -0.2) is 52.5 Å². The number of nitrogens with zero attached hydrogens (tertiary/aromatic N) is 1. The molecule has 1 aliphatic rings. The van der Waals surface area contributed by atoms with Crippen LogP contribution in [0.5, 0.6) is 0 Å². The van der Waals surface area contributed by atoms with E-state index in [1.165, 1.54) is 0 Å². The number of hydrogen-bond donors (Lipinski definition) is 2. The Morgan fingerprint density at radius 3 is 2.15 bits per heavy atom. The van der Waals surface area contributed by atoms with Crippen LogP contribution in [0.4, 0.5) is 10.5 Å². The van der Waals surface area contributed by atoms with Gasteiger partial charge < -0.3 is 20.3 Å². The number of nitrogens with one attached hydrogen (secondary N) is 2. The van der Waals surface area contributed by atoms with E-state index in [-0.39, 0.29) is 23.8 Å². The van der Waals surface area contributed by atoms with Gasteiger partial charge in [0.15, 0.2) is 0 Å². The van der Waals surface area contributed by atoms with Crippen molar-refractivity contribution in [2.75, 3.05) is 17.3 Å². The molecule has 0 heterocycles. The number of alkyl carbamates (subject to hydrolysis) is 1. The van der Waals surface area contributed by atoms with Crippen LogP contribution in [0, 0.1) is 26.7 Å². The van der Waals surface area contributed by atoms with E-state index in [1.807, 2.05) is 69.5 Å². The number of rotatable bonds is 10. The topological polar surface area (TPSA) is 87.7 Å². The minimum Gasteiger partial charge on any atom is -0.444 e. The fraction of sp³-hybridized carbons (Fsp3) is 0.516. The van der Waals surface area contributed by atoms with E-state index in [0.29, 0.717) is 12.2 Å². The highest BCUT2D eigenvalue weighted by molar-refractivity contribution is 7.98. The number of hydrogen-bond acceptors (Lipinski definition) is 5. The van der Waals surface area contributed by atoms with E-state index in [1.54, 1.807) is 37.4 Å². The van der Waals surface area contributed by atoms with Gasteiger partial charge >= 0.3 is 6.09 Å². The molecule has 39 heavy (non-hydrogen) atoms. The van der Waals surface area contributed by atoms with Crippen molar-refractivity contribution in [1.82, 2.24) is 10.2 Å². The Morgan fingerprint density at radius 1 is 1.05 bits per heavy atom. The highest BCUT2D eigenvalue weighted by atomic mass is 32.2. The van der Waals surface area contributed by atoms with Gasteiger partial charge in [-0.05, 0) is 89.0 Å². The van der Waals surface area contributed by atoms with Gasteiger partial charge in [0.25, 0.3) is 5.91 Å². The SMILES string of the molecule is CSCCC(NC(=O)OC(C)(C)C)C(=O)N(C(C(=O)Nc1c(C)cccc1C)c1ccc(C)cc1)C1CC1C. The van der Waals surface area contributed by atoms with E-state index in [9.17, 15) is 14.4 Å². The summed E-state index contributed by atoms with van der Waals surface area (Å²) in [6, 6.07) is 11.8. The van der Waals surface area contributed by atoms with Crippen molar-refractivity contribution in [2.45, 2.75) is 85.0 Å². The third-order valence-electron chi connectivity index (χ3n) is 6.93. The first-order chi connectivity index (χ1) is 18.3. The molecule has 2 aromatic carbocycles. The van der Waals surface area contributed by atoms with Crippen molar-refractivity contribution in [1.29, 1.82) is 0 Å². The summed E-state index contributed by atoms with van der Waals surface area (Å²) in [5.41, 5.74) is 3.76. The molecule has 0 radical (unpaired) electrons. The Hall–Kier alpha value is -3.00. The second kappa shape index (κ2) is 12.9. The summed E-state index contributed by atoms with van der Waals surface area (Å²) in [6.07, 6.45) is 2.54. The number of benzene rings is 2. The summed E-state index contributed by atoms with van der Waals surface area (Å²) in [5.74, 6) is 0.373. The minimum atomic E-state index is -0.857. The Morgan fingerprint density at radius 2 is 1.64 bits per heavy atom. The number of aryl methyl sites for hydroxylation is 3. The van der Waals surface area contributed by atoms with Gasteiger partial charge in [0.05, 0.1) is 0 Å². The summed E-state index contributed by atoms with van der Waals surface area (Å²) in [4.78, 5) is 42.9. The maximum absolute atomic E-state index is 14.3. The van der Waals surface area contributed by atoms with Crippen molar-refractivity contribution < 1.29 is 19.1 Å². The molecule has 1 fully saturated rings. The number of ether oxygens (including phenoxy) is 1. The van der Waals surface area contributed by atoms with E-state index in [4.69, 9.17) is 4.74 Å². The Labute approximate surface area is 237 Å². The van der Waals surface area contributed by atoms with Gasteiger partial charge in [-0.25, -0.2) is 4.79 Å². The van der Waals surface area contributed by atoms with Gasteiger partial charge in [-0.3, -0.25) is 9.59 Å². The first-order valence-corrected chi connectivity index (χ1v) is 15.0. The summed E-state index contributed by atoms with van der Waals surface area (Å²) in [7, 11) is 0. The second-order valence-corrected chi connectivity index (χ2v) is 12.6. The van der Waals surface area contributed by atoms with Crippen LogP contribution in [0.2, 0.25) is 0 Å². The lowest BCUT2D eigenvalue weighted by atomic mass is 10.00. The molecule has 1 saturated carbocycles. The third-order valence-corrected chi connectivity index (χ3v) is 7.57. The van der Waals surface area contributed by atoms with E-state index >= 15 is 0 Å². The molecule has 3 rings (SSSR count). The number of amides is 3. The molecule has 0 aromatic heterocycles. The molecule has 0 aliphatic heterocycles. The smallest absolute Gasteiger partial charge is 0.408 e. The van der Waals surface area contributed by atoms with Gasteiger partial charge in [-0.2, -0.15) is 11.8 Å². The fourth-order valence-corrected chi connectivity index (χ4v) is 5.16. The average molecular weight is 554 g/mol. The summed E-state index contributed by atoms with van der Waals surface area (Å²) < 4.78 is 5.48. The predicted octanol–water partition coefficient (Wildman–Crippen LogP) is 6.18. The highest BCUT2D eigenvalue weighted by Crippen LogP contribution is 2.41. The molecule has 0 saturated heterocycles. The average Bonchev–Trinajstić information content (AvgIpc) is 3.57. The lowest BCUT2D eigenvalue weighted by Crippen LogP contribution is -2.53. The normalized spacial score (nSPS) is 18.1. The van der Waals surface area contributed by atoms with Crippen molar-refractivity contribution in [3.8, 4) is 0 Å². The molecule has 8 heteroatoms. The quantitative estimate of drug-likeness (QED) is 0.367. The monoisotopic (exact) mass is 553 g/mol. The van der Waals surface area contributed by atoms with E-state index < -0.39 is 23.8 Å². The van der Waals surface area contributed by atoms with Crippen molar-refractivity contribution in [3.63, 3.8) is 0 Å². The van der Waals surface area contributed by atoms with Crippen LogP contribution in [-0.2, 0) is 14.3 Å². The van der Waals surface area contributed by atoms with Gasteiger partial charge in [0, 0.05) is 11.7 Å². The minimum absolute atomic E-state index is 0.107. The zero-order valence-electron chi connectivity index (χ0n) is 24.5. The summed E-state index contributed by atoms with van der Waals surface area (Å²) in [6.45, 7) is 13.3. The number of thioether (sulfide) groups is 1. The maximum atomic E-state index is 14.3.